The highest BCUT2D eigenvalue weighted by atomic mass is 35.5. The van der Waals surface area contributed by atoms with Crippen LogP contribution in [0.2, 0.25) is 5.15 Å². The molecule has 0 unspecified atom stereocenters. The van der Waals surface area contributed by atoms with Crippen molar-refractivity contribution in [2.45, 2.75) is 48.7 Å². The van der Waals surface area contributed by atoms with Gasteiger partial charge in [0.1, 0.15) is 11.7 Å². The molecular weight excluding hydrogens is 701 g/mol. The van der Waals surface area contributed by atoms with E-state index in [0.29, 0.717) is 63.4 Å². The van der Waals surface area contributed by atoms with Crippen molar-refractivity contribution in [1.82, 2.24) is 29.5 Å². The van der Waals surface area contributed by atoms with Gasteiger partial charge in [-0.05, 0) is 56.0 Å². The fraction of sp³-hybridized carbons (Fsp3) is 0.419. The second-order valence-electron chi connectivity index (χ2n) is 12.3. The number of nitrogens with zero attached hydrogens (tertiary/aromatic N) is 7. The van der Waals surface area contributed by atoms with Crippen LogP contribution < -0.4 is 21.7 Å². The molecule has 1 aromatic carbocycles. The Morgan fingerprint density at radius 3 is 2.40 bits per heavy atom. The Kier molecular flexibility index (Phi) is 9.62. The number of carbonyl (C=O) groups is 2. The number of sulfonamides is 1. The van der Waals surface area contributed by atoms with Crippen molar-refractivity contribution in [3.05, 3.63) is 64.6 Å². The quantitative estimate of drug-likeness (QED) is 0.351. The van der Waals surface area contributed by atoms with Crippen LogP contribution >= 0.6 is 11.6 Å². The van der Waals surface area contributed by atoms with Crippen molar-refractivity contribution in [2.24, 2.45) is 4.99 Å². The first kappa shape index (κ1) is 35.3. The molecular formula is C31H34ClF3N10O4S. The molecule has 6 rings (SSSR count). The molecule has 0 radical (unpaired) electrons. The summed E-state index contributed by atoms with van der Waals surface area (Å²) in [6.07, 6.45) is -1.03. The molecule has 0 aliphatic carbocycles. The van der Waals surface area contributed by atoms with E-state index >= 15 is 0 Å². The first-order valence-corrected chi connectivity index (χ1v) is 17.6. The Hall–Kier alpha value is -4.55. The molecule has 266 valence electrons. The normalized spacial score (nSPS) is 18.5. The number of carbonyl (C=O) groups excluding carboxylic acids is 2. The second-order valence-corrected chi connectivity index (χ2v) is 14.6. The van der Waals surface area contributed by atoms with Crippen molar-refractivity contribution < 1.29 is 31.2 Å². The highest BCUT2D eigenvalue weighted by molar-refractivity contribution is 7.89. The van der Waals surface area contributed by atoms with Crippen LogP contribution in [0.25, 0.3) is 0 Å². The van der Waals surface area contributed by atoms with Crippen LogP contribution in [0.15, 0.2) is 52.5 Å². The number of nitrogen functional groups attached to an aromatic ring is 2. The predicted octanol–water partition coefficient (Wildman–Crippen LogP) is 3.21. The lowest BCUT2D eigenvalue weighted by Gasteiger charge is -2.37. The van der Waals surface area contributed by atoms with Gasteiger partial charge >= 0.3 is 6.18 Å². The molecule has 5 N–H and O–H groups in total. The summed E-state index contributed by atoms with van der Waals surface area (Å²) in [5, 5.41) is 2.59. The Labute approximate surface area is 290 Å². The number of halogens is 4. The molecule has 2 saturated heterocycles. The van der Waals surface area contributed by atoms with Crippen molar-refractivity contribution in [3.63, 3.8) is 0 Å². The summed E-state index contributed by atoms with van der Waals surface area (Å²) >= 11 is 5.90. The van der Waals surface area contributed by atoms with Gasteiger partial charge in [0.25, 0.3) is 11.8 Å². The smallest absolute Gasteiger partial charge is 0.382 e. The number of amidine groups is 1. The number of piperidine rings is 1. The third kappa shape index (κ3) is 7.32. The maximum Gasteiger partial charge on any atom is 0.417 e. The van der Waals surface area contributed by atoms with Crippen LogP contribution in [0.4, 0.5) is 30.6 Å². The summed E-state index contributed by atoms with van der Waals surface area (Å²) in [5.74, 6) is -0.360. The lowest BCUT2D eigenvalue weighted by atomic mass is 9.86. The first-order valence-electron chi connectivity index (χ1n) is 15.8. The van der Waals surface area contributed by atoms with E-state index in [1.807, 2.05) is 0 Å². The van der Waals surface area contributed by atoms with Gasteiger partial charge in [-0.3, -0.25) is 14.6 Å². The Bertz CT molecular complexity index is 1940. The summed E-state index contributed by atoms with van der Waals surface area (Å²) in [4.78, 5) is 46.2. The van der Waals surface area contributed by atoms with Crippen LogP contribution in [0.3, 0.4) is 0 Å². The molecule has 14 nitrogen and oxygen atoms in total. The Morgan fingerprint density at radius 1 is 0.940 bits per heavy atom. The minimum atomic E-state index is -4.50. The van der Waals surface area contributed by atoms with E-state index in [-0.39, 0.29) is 58.5 Å². The van der Waals surface area contributed by atoms with Gasteiger partial charge in [0.15, 0.2) is 22.5 Å². The third-order valence-electron chi connectivity index (χ3n) is 9.13. The molecule has 19 heteroatoms. The predicted molar refractivity (Wildman–Crippen MR) is 179 cm³/mol. The number of nitrogens with one attached hydrogen (secondary N) is 1. The van der Waals surface area contributed by atoms with E-state index in [0.717, 1.165) is 12.3 Å². The number of alkyl halides is 3. The lowest BCUT2D eigenvalue weighted by molar-refractivity contribution is -0.137. The van der Waals surface area contributed by atoms with Gasteiger partial charge in [-0.15, -0.1) is 0 Å². The number of rotatable bonds is 5. The van der Waals surface area contributed by atoms with Crippen molar-refractivity contribution in [2.75, 3.05) is 55.6 Å². The molecule has 5 heterocycles. The van der Waals surface area contributed by atoms with Gasteiger partial charge in [0.05, 0.1) is 16.0 Å². The average molecular weight is 735 g/mol. The van der Waals surface area contributed by atoms with Gasteiger partial charge in [-0.1, -0.05) is 17.7 Å². The largest absolute Gasteiger partial charge is 0.417 e. The molecule has 0 atom stereocenters. The van der Waals surface area contributed by atoms with Gasteiger partial charge in [0.2, 0.25) is 10.0 Å². The third-order valence-corrected chi connectivity index (χ3v) is 11.3. The standard InChI is InChI=1S/C31H34ClF3N10O4S/c32-25-27(37)41-26(36)24(40-25)28(46)39-22-7-8-30(42-22)9-13-44(14-10-30)29(47)19-3-1-4-21(17-19)50(48,49)45-12-2-11-43(15-16-45)23-6-5-20(18-38-23)31(33,34)35/h1,3-6,17-18H,2,7-16H2,(H4,36,37,41)(H,39,42,46). The number of amides is 2. The zero-order valence-electron chi connectivity index (χ0n) is 26.7. The van der Waals surface area contributed by atoms with Crippen LogP contribution in [0.5, 0.6) is 0 Å². The van der Waals surface area contributed by atoms with E-state index in [2.05, 4.69) is 20.3 Å². The number of anilines is 3. The average Bonchev–Trinajstić information content (AvgIpc) is 3.29. The molecule has 3 aliphatic rings. The molecule has 0 bridgehead atoms. The van der Waals surface area contributed by atoms with Crippen LogP contribution in [0.1, 0.15) is 58.5 Å². The summed E-state index contributed by atoms with van der Waals surface area (Å²) < 4.78 is 67.6. The molecule has 1 spiro atoms. The second kappa shape index (κ2) is 13.6. The molecule has 3 aromatic rings. The summed E-state index contributed by atoms with van der Waals surface area (Å²) in [6.45, 7) is 1.70. The van der Waals surface area contributed by atoms with Crippen molar-refractivity contribution in [1.29, 1.82) is 0 Å². The van der Waals surface area contributed by atoms with E-state index in [4.69, 9.17) is 28.1 Å². The highest BCUT2D eigenvalue weighted by Gasteiger charge is 2.40. The fourth-order valence-corrected chi connectivity index (χ4v) is 7.99. The lowest BCUT2D eigenvalue weighted by Crippen LogP contribution is -2.45. The molecule has 3 aliphatic heterocycles. The summed E-state index contributed by atoms with van der Waals surface area (Å²) in [5.41, 5.74) is 10.1. The fourth-order valence-electron chi connectivity index (χ4n) is 6.35. The highest BCUT2D eigenvalue weighted by Crippen LogP contribution is 2.36. The molecule has 2 fully saturated rings. The zero-order chi connectivity index (χ0) is 35.8. The number of hydrogen-bond donors (Lipinski definition) is 3. The van der Waals surface area contributed by atoms with E-state index in [9.17, 15) is 31.2 Å². The van der Waals surface area contributed by atoms with Gasteiger partial charge in [-0.2, -0.15) is 17.5 Å². The number of nitrogens with two attached hydrogens (primary N) is 2. The topological polar surface area (TPSA) is 193 Å². The molecule has 0 saturated carbocycles. The molecule has 50 heavy (non-hydrogen) atoms. The molecule has 2 amide bonds. The van der Waals surface area contributed by atoms with E-state index in [1.54, 1.807) is 15.9 Å². The van der Waals surface area contributed by atoms with Crippen molar-refractivity contribution >= 4 is 56.7 Å². The number of pyridine rings is 1. The number of hydrogen-bond acceptors (Lipinski definition) is 11. The maximum atomic E-state index is 13.7. The number of aliphatic imine (C=N–C) groups is 1. The number of likely N-dealkylation sites (tertiary alicyclic amines) is 1. The van der Waals surface area contributed by atoms with Crippen LogP contribution in [-0.4, -0.2) is 95.0 Å². The van der Waals surface area contributed by atoms with Gasteiger partial charge in [-0.25, -0.2) is 23.4 Å². The number of aromatic nitrogens is 3. The number of benzene rings is 1. The van der Waals surface area contributed by atoms with Crippen LogP contribution in [-0.2, 0) is 16.2 Å². The Morgan fingerprint density at radius 2 is 1.70 bits per heavy atom. The summed E-state index contributed by atoms with van der Waals surface area (Å²) in [6, 6.07) is 8.17. The molecule has 2 aromatic heterocycles. The zero-order valence-corrected chi connectivity index (χ0v) is 28.2. The van der Waals surface area contributed by atoms with E-state index in [1.165, 1.54) is 28.6 Å². The van der Waals surface area contributed by atoms with Crippen molar-refractivity contribution in [3.8, 4) is 0 Å². The SMILES string of the molecule is Nc1nc(N)c(C(=O)NC2=NC3(CC2)CCN(C(=O)c2cccc(S(=O)(=O)N4CCCN(c5ccc(C(F)(F)F)cn5)CC4)c2)CC3)nc1Cl. The van der Waals surface area contributed by atoms with Crippen LogP contribution in [0, 0.1) is 0 Å². The first-order chi connectivity index (χ1) is 23.6. The maximum absolute atomic E-state index is 13.7. The van der Waals surface area contributed by atoms with E-state index < -0.39 is 33.2 Å². The minimum Gasteiger partial charge on any atom is -0.382 e. The van der Waals surface area contributed by atoms with Gasteiger partial charge in [0, 0.05) is 57.4 Å². The minimum absolute atomic E-state index is 0.0218. The Balaban J connectivity index is 1.06. The monoisotopic (exact) mass is 734 g/mol. The van der Waals surface area contributed by atoms with Gasteiger partial charge < -0.3 is 26.6 Å². The summed E-state index contributed by atoms with van der Waals surface area (Å²) in [7, 11) is -3.98.